The van der Waals surface area contributed by atoms with Crippen molar-refractivity contribution in [2.45, 2.75) is 6.61 Å². The van der Waals surface area contributed by atoms with Crippen molar-refractivity contribution >= 4 is 11.4 Å². The van der Waals surface area contributed by atoms with Gasteiger partial charge in [0.1, 0.15) is 0 Å². The number of nitrogens with two attached hydrogens (primary N) is 1. The zero-order valence-electron chi connectivity index (χ0n) is 6.53. The first kappa shape index (κ1) is 9.40. The number of nitrogens with zero attached hydrogens (tertiary/aromatic N) is 1. The predicted molar refractivity (Wildman–Crippen MR) is 43.4 cm³/mol. The van der Waals surface area contributed by atoms with Crippen molar-refractivity contribution in [2.24, 2.45) is 0 Å². The molecule has 0 aliphatic heterocycles. The molecule has 0 heterocycles. The van der Waals surface area contributed by atoms with Gasteiger partial charge in [-0.2, -0.15) is 4.39 Å². The molecular formula is C7H7FN2O3. The molecule has 70 valence electrons. The quantitative estimate of drug-likeness (QED) is 0.406. The lowest BCUT2D eigenvalue weighted by Crippen LogP contribution is -1.99. The van der Waals surface area contributed by atoms with Crippen LogP contribution in [-0.2, 0) is 6.61 Å². The van der Waals surface area contributed by atoms with E-state index in [0.29, 0.717) is 0 Å². The topological polar surface area (TPSA) is 89.4 Å². The monoisotopic (exact) mass is 186 g/mol. The van der Waals surface area contributed by atoms with Crippen molar-refractivity contribution in [3.05, 3.63) is 33.6 Å². The van der Waals surface area contributed by atoms with Crippen LogP contribution in [0.25, 0.3) is 0 Å². The van der Waals surface area contributed by atoms with Crippen LogP contribution in [0, 0.1) is 15.9 Å². The van der Waals surface area contributed by atoms with Crippen molar-refractivity contribution in [3.8, 4) is 0 Å². The zero-order chi connectivity index (χ0) is 10.0. The summed E-state index contributed by atoms with van der Waals surface area (Å²) in [5.74, 6) is -1.00. The van der Waals surface area contributed by atoms with E-state index >= 15 is 0 Å². The Bertz CT molecular complexity index is 354. The van der Waals surface area contributed by atoms with Crippen LogP contribution in [0.3, 0.4) is 0 Å². The van der Waals surface area contributed by atoms with Crippen molar-refractivity contribution in [3.63, 3.8) is 0 Å². The maximum atomic E-state index is 12.8. The Hall–Kier alpha value is -1.69. The first-order valence-corrected chi connectivity index (χ1v) is 3.39. The van der Waals surface area contributed by atoms with Crippen LogP contribution in [-0.4, -0.2) is 10.0 Å². The fourth-order valence-electron chi connectivity index (χ4n) is 0.897. The zero-order valence-corrected chi connectivity index (χ0v) is 6.53. The van der Waals surface area contributed by atoms with Crippen LogP contribution >= 0.6 is 0 Å². The number of nitro groups is 1. The third-order valence-electron chi connectivity index (χ3n) is 1.58. The van der Waals surface area contributed by atoms with Gasteiger partial charge in [-0.05, 0) is 0 Å². The van der Waals surface area contributed by atoms with Crippen molar-refractivity contribution < 1.29 is 14.4 Å². The van der Waals surface area contributed by atoms with Gasteiger partial charge in [0, 0.05) is 23.4 Å². The van der Waals surface area contributed by atoms with Crippen LogP contribution in [0.5, 0.6) is 0 Å². The second-order valence-corrected chi connectivity index (χ2v) is 2.42. The Morgan fingerprint density at radius 2 is 2.23 bits per heavy atom. The number of aliphatic hydroxyl groups is 1. The summed E-state index contributed by atoms with van der Waals surface area (Å²) in [6, 6.07) is 1.74. The van der Waals surface area contributed by atoms with Crippen molar-refractivity contribution in [2.75, 3.05) is 5.73 Å². The minimum atomic E-state index is -1.00. The molecule has 1 aromatic rings. The highest BCUT2D eigenvalue weighted by atomic mass is 19.1. The average Bonchev–Trinajstić information content (AvgIpc) is 2.03. The van der Waals surface area contributed by atoms with E-state index in [2.05, 4.69) is 0 Å². The summed E-state index contributed by atoms with van der Waals surface area (Å²) in [6.07, 6.45) is 0. The second kappa shape index (κ2) is 3.36. The summed E-state index contributed by atoms with van der Waals surface area (Å²) in [6.45, 7) is -0.451. The fraction of sp³-hybridized carbons (Fsp3) is 0.143. The first-order valence-electron chi connectivity index (χ1n) is 3.39. The molecule has 13 heavy (non-hydrogen) atoms. The molecule has 0 aliphatic carbocycles. The van der Waals surface area contributed by atoms with E-state index in [1.807, 2.05) is 0 Å². The normalized spacial score (nSPS) is 10.0. The van der Waals surface area contributed by atoms with E-state index in [1.54, 1.807) is 0 Å². The number of hydrogen-bond acceptors (Lipinski definition) is 4. The van der Waals surface area contributed by atoms with E-state index in [1.165, 1.54) is 0 Å². The molecule has 0 aromatic heterocycles. The Labute approximate surface area is 72.7 Å². The predicted octanol–water partition coefficient (Wildman–Crippen LogP) is 0.808. The number of benzene rings is 1. The molecule has 1 aromatic carbocycles. The Morgan fingerprint density at radius 3 is 2.69 bits per heavy atom. The van der Waals surface area contributed by atoms with Crippen LogP contribution in [0.4, 0.5) is 15.8 Å². The maximum Gasteiger partial charge on any atom is 0.305 e. The number of aliphatic hydroxyl groups excluding tert-OH is 1. The molecule has 5 nitrogen and oxygen atoms in total. The van der Waals surface area contributed by atoms with Gasteiger partial charge in [0.15, 0.2) is 0 Å². The number of rotatable bonds is 2. The Kier molecular flexibility index (Phi) is 2.43. The highest BCUT2D eigenvalue weighted by Crippen LogP contribution is 2.23. The van der Waals surface area contributed by atoms with Crippen LogP contribution in [0.1, 0.15) is 5.56 Å². The van der Waals surface area contributed by atoms with Gasteiger partial charge in [-0.15, -0.1) is 0 Å². The van der Waals surface area contributed by atoms with E-state index in [9.17, 15) is 14.5 Å². The summed E-state index contributed by atoms with van der Waals surface area (Å²) >= 11 is 0. The summed E-state index contributed by atoms with van der Waals surface area (Å²) in [4.78, 5) is 9.38. The number of hydrogen-bond donors (Lipinski definition) is 2. The summed E-state index contributed by atoms with van der Waals surface area (Å²) in [7, 11) is 0. The number of nitro benzene ring substituents is 1. The minimum Gasteiger partial charge on any atom is -0.398 e. The number of anilines is 1. The molecule has 0 amide bonds. The van der Waals surface area contributed by atoms with Gasteiger partial charge in [-0.25, -0.2) is 0 Å². The van der Waals surface area contributed by atoms with E-state index < -0.39 is 23.0 Å². The lowest BCUT2D eigenvalue weighted by Gasteiger charge is -2.01. The fourth-order valence-corrected chi connectivity index (χ4v) is 0.897. The Morgan fingerprint density at radius 1 is 1.62 bits per heavy atom. The van der Waals surface area contributed by atoms with Gasteiger partial charge in [0.05, 0.1) is 11.5 Å². The van der Waals surface area contributed by atoms with Gasteiger partial charge in [-0.1, -0.05) is 0 Å². The van der Waals surface area contributed by atoms with Crippen LogP contribution < -0.4 is 5.73 Å². The molecule has 3 N–H and O–H groups in total. The molecular weight excluding hydrogens is 179 g/mol. The third kappa shape index (κ3) is 1.73. The SMILES string of the molecule is Nc1cc(F)c([N+](=O)[O-])cc1CO. The van der Waals surface area contributed by atoms with Crippen molar-refractivity contribution in [1.82, 2.24) is 0 Å². The number of halogens is 1. The molecule has 0 saturated carbocycles. The second-order valence-electron chi connectivity index (χ2n) is 2.42. The maximum absolute atomic E-state index is 12.8. The highest BCUT2D eigenvalue weighted by Gasteiger charge is 2.16. The lowest BCUT2D eigenvalue weighted by molar-refractivity contribution is -0.387. The van der Waals surface area contributed by atoms with Gasteiger partial charge < -0.3 is 10.8 Å². The summed E-state index contributed by atoms with van der Waals surface area (Å²) < 4.78 is 12.8. The largest absolute Gasteiger partial charge is 0.398 e. The van der Waals surface area contributed by atoms with Gasteiger partial charge in [0.25, 0.3) is 0 Å². The standard InChI is InChI=1S/C7H7FN2O3/c8-5-2-6(9)4(3-11)1-7(5)10(12)13/h1-2,11H,3,9H2. The van der Waals surface area contributed by atoms with Gasteiger partial charge in [-0.3, -0.25) is 10.1 Å². The lowest BCUT2D eigenvalue weighted by atomic mass is 10.1. The van der Waals surface area contributed by atoms with Gasteiger partial charge >= 0.3 is 5.69 Å². The Balaban J connectivity index is 3.30. The van der Waals surface area contributed by atoms with Gasteiger partial charge in [0.2, 0.25) is 5.82 Å². The molecule has 1 rings (SSSR count). The summed E-state index contributed by atoms with van der Waals surface area (Å²) in [5, 5.41) is 18.9. The third-order valence-corrected chi connectivity index (χ3v) is 1.58. The molecule has 0 aliphatic rings. The molecule has 0 radical (unpaired) electrons. The molecule has 0 unspecified atom stereocenters. The summed E-state index contributed by atoms with van der Waals surface area (Å²) in [5.41, 5.74) is 4.75. The molecule has 0 saturated heterocycles. The van der Waals surface area contributed by atoms with Crippen molar-refractivity contribution in [1.29, 1.82) is 0 Å². The molecule has 6 heteroatoms. The molecule has 0 spiro atoms. The first-order chi connectivity index (χ1) is 6.06. The minimum absolute atomic E-state index is 0.00519. The number of nitrogen functional groups attached to an aromatic ring is 1. The van der Waals surface area contributed by atoms with E-state index in [0.717, 1.165) is 12.1 Å². The molecule has 0 bridgehead atoms. The van der Waals surface area contributed by atoms with Crippen LogP contribution in [0.2, 0.25) is 0 Å². The van der Waals surface area contributed by atoms with E-state index in [-0.39, 0.29) is 11.3 Å². The molecule has 0 atom stereocenters. The smallest absolute Gasteiger partial charge is 0.305 e. The average molecular weight is 186 g/mol. The molecule has 0 fully saturated rings. The highest BCUT2D eigenvalue weighted by molar-refractivity contribution is 5.53. The van der Waals surface area contributed by atoms with E-state index in [4.69, 9.17) is 10.8 Å². The van der Waals surface area contributed by atoms with Crippen LogP contribution in [0.15, 0.2) is 12.1 Å².